The molecular weight excluding hydrogens is 329 g/mol. The number of thioether (sulfide) groups is 1. The van der Waals surface area contributed by atoms with E-state index in [0.717, 1.165) is 29.4 Å². The van der Waals surface area contributed by atoms with Crippen LogP contribution >= 0.6 is 11.8 Å². The van der Waals surface area contributed by atoms with Gasteiger partial charge in [0.15, 0.2) is 11.0 Å². The zero-order valence-electron chi connectivity index (χ0n) is 12.8. The minimum absolute atomic E-state index is 0.0940. The SMILES string of the molecule is OCc1nnc(SCc2ccn(-c3ccc(F)cc3)n2)n1C1CC1. The number of aromatic nitrogens is 5. The molecule has 1 aromatic carbocycles. The van der Waals surface area contributed by atoms with Gasteiger partial charge in [0.2, 0.25) is 0 Å². The molecule has 0 amide bonds. The number of aliphatic hydroxyl groups is 1. The molecule has 0 radical (unpaired) electrons. The third-order valence-electron chi connectivity index (χ3n) is 3.87. The highest BCUT2D eigenvalue weighted by molar-refractivity contribution is 7.98. The Balaban J connectivity index is 1.47. The number of benzene rings is 1. The van der Waals surface area contributed by atoms with Gasteiger partial charge in [-0.3, -0.25) is 0 Å². The van der Waals surface area contributed by atoms with Crippen LogP contribution in [-0.2, 0) is 12.4 Å². The van der Waals surface area contributed by atoms with Crippen LogP contribution in [0.15, 0.2) is 41.7 Å². The zero-order chi connectivity index (χ0) is 16.5. The maximum atomic E-state index is 13.0. The van der Waals surface area contributed by atoms with E-state index in [9.17, 15) is 9.50 Å². The van der Waals surface area contributed by atoms with Gasteiger partial charge in [0.1, 0.15) is 12.4 Å². The minimum atomic E-state index is -0.263. The number of halogens is 1. The van der Waals surface area contributed by atoms with Gasteiger partial charge in [0.25, 0.3) is 0 Å². The quantitative estimate of drug-likeness (QED) is 0.696. The summed E-state index contributed by atoms with van der Waals surface area (Å²) in [6.07, 6.45) is 4.07. The average Bonchev–Trinajstić information content (AvgIpc) is 3.18. The van der Waals surface area contributed by atoms with E-state index < -0.39 is 0 Å². The first kappa shape index (κ1) is 15.3. The number of rotatable bonds is 6. The second kappa shape index (κ2) is 6.37. The van der Waals surface area contributed by atoms with Gasteiger partial charge < -0.3 is 9.67 Å². The van der Waals surface area contributed by atoms with Gasteiger partial charge in [-0.1, -0.05) is 11.8 Å². The molecule has 2 heterocycles. The summed E-state index contributed by atoms with van der Waals surface area (Å²) in [5.74, 6) is 1.02. The fourth-order valence-corrected chi connectivity index (χ4v) is 3.45. The van der Waals surface area contributed by atoms with Crippen molar-refractivity contribution >= 4 is 11.8 Å². The van der Waals surface area contributed by atoms with Crippen molar-refractivity contribution in [2.75, 3.05) is 0 Å². The Bertz CT molecular complexity index is 841. The standard InChI is InChI=1S/C16H16FN5OS/c17-11-1-3-13(4-2-11)21-8-7-12(20-21)10-24-16-19-18-15(9-23)22(16)14-5-6-14/h1-4,7-8,14,23H,5-6,9-10H2. The maximum Gasteiger partial charge on any atom is 0.191 e. The van der Waals surface area contributed by atoms with Crippen molar-refractivity contribution in [2.24, 2.45) is 0 Å². The molecule has 0 unspecified atom stereocenters. The summed E-state index contributed by atoms with van der Waals surface area (Å²) in [7, 11) is 0. The summed E-state index contributed by atoms with van der Waals surface area (Å²) >= 11 is 1.56. The van der Waals surface area contributed by atoms with Crippen LogP contribution < -0.4 is 0 Å². The van der Waals surface area contributed by atoms with Crippen LogP contribution in [0.4, 0.5) is 4.39 Å². The van der Waals surface area contributed by atoms with E-state index in [-0.39, 0.29) is 12.4 Å². The molecule has 1 aliphatic rings. The molecule has 1 aliphatic carbocycles. The van der Waals surface area contributed by atoms with E-state index in [2.05, 4.69) is 15.3 Å². The third kappa shape index (κ3) is 3.07. The number of aliphatic hydroxyl groups excluding tert-OH is 1. The Hall–Kier alpha value is -2.19. The molecular formula is C16H16FN5OS. The van der Waals surface area contributed by atoms with Crippen molar-refractivity contribution < 1.29 is 9.50 Å². The zero-order valence-corrected chi connectivity index (χ0v) is 13.7. The van der Waals surface area contributed by atoms with Crippen molar-refractivity contribution in [3.8, 4) is 5.69 Å². The molecule has 0 bridgehead atoms. The Morgan fingerprint density at radius 1 is 1.17 bits per heavy atom. The predicted octanol–water partition coefficient (Wildman–Crippen LogP) is 2.72. The smallest absolute Gasteiger partial charge is 0.191 e. The van der Waals surface area contributed by atoms with Crippen molar-refractivity contribution in [2.45, 2.75) is 36.4 Å². The first-order chi connectivity index (χ1) is 11.7. The molecule has 24 heavy (non-hydrogen) atoms. The summed E-state index contributed by atoms with van der Waals surface area (Å²) < 4.78 is 16.7. The number of nitrogens with zero attached hydrogens (tertiary/aromatic N) is 5. The molecule has 3 aromatic rings. The van der Waals surface area contributed by atoms with Gasteiger partial charge in [-0.25, -0.2) is 9.07 Å². The molecule has 2 aromatic heterocycles. The van der Waals surface area contributed by atoms with Crippen molar-refractivity contribution in [3.05, 3.63) is 53.9 Å². The average molecular weight is 345 g/mol. The summed E-state index contributed by atoms with van der Waals surface area (Å²) in [4.78, 5) is 0. The van der Waals surface area contributed by atoms with E-state index in [1.54, 1.807) is 28.6 Å². The van der Waals surface area contributed by atoms with Crippen molar-refractivity contribution in [3.63, 3.8) is 0 Å². The second-order valence-corrected chi connectivity index (χ2v) is 6.62. The summed E-state index contributed by atoms with van der Waals surface area (Å²) in [6.45, 7) is -0.0940. The Morgan fingerprint density at radius 3 is 2.67 bits per heavy atom. The highest BCUT2D eigenvalue weighted by atomic mass is 32.2. The molecule has 0 saturated heterocycles. The molecule has 6 nitrogen and oxygen atoms in total. The highest BCUT2D eigenvalue weighted by Crippen LogP contribution is 2.39. The van der Waals surface area contributed by atoms with E-state index in [1.807, 2.05) is 16.8 Å². The molecule has 0 aliphatic heterocycles. The van der Waals surface area contributed by atoms with Gasteiger partial charge in [0, 0.05) is 18.0 Å². The predicted molar refractivity (Wildman–Crippen MR) is 87.3 cm³/mol. The summed E-state index contributed by atoms with van der Waals surface area (Å²) in [5, 5.41) is 22.9. The summed E-state index contributed by atoms with van der Waals surface area (Å²) in [5.41, 5.74) is 1.72. The lowest BCUT2D eigenvalue weighted by molar-refractivity contribution is 0.263. The van der Waals surface area contributed by atoms with Crippen LogP contribution in [-0.4, -0.2) is 29.7 Å². The molecule has 8 heteroatoms. The van der Waals surface area contributed by atoms with Crippen LogP contribution in [0.1, 0.15) is 30.4 Å². The monoisotopic (exact) mass is 345 g/mol. The molecule has 1 saturated carbocycles. The van der Waals surface area contributed by atoms with Gasteiger partial charge in [-0.05, 0) is 43.2 Å². The van der Waals surface area contributed by atoms with Crippen LogP contribution in [0.3, 0.4) is 0 Å². The number of hydrogen-bond donors (Lipinski definition) is 1. The Morgan fingerprint density at radius 2 is 1.96 bits per heavy atom. The number of hydrogen-bond acceptors (Lipinski definition) is 5. The molecule has 1 fully saturated rings. The molecule has 1 N–H and O–H groups in total. The molecule has 0 atom stereocenters. The molecule has 4 rings (SSSR count). The van der Waals surface area contributed by atoms with Gasteiger partial charge >= 0.3 is 0 Å². The van der Waals surface area contributed by atoms with E-state index in [1.165, 1.54) is 12.1 Å². The van der Waals surface area contributed by atoms with Crippen molar-refractivity contribution in [1.82, 2.24) is 24.5 Å². The fraction of sp³-hybridized carbons (Fsp3) is 0.312. The first-order valence-corrected chi connectivity index (χ1v) is 8.71. The van der Waals surface area contributed by atoms with E-state index in [4.69, 9.17) is 0 Å². The first-order valence-electron chi connectivity index (χ1n) is 7.72. The molecule has 0 spiro atoms. The third-order valence-corrected chi connectivity index (χ3v) is 4.85. The topological polar surface area (TPSA) is 68.8 Å². The van der Waals surface area contributed by atoms with Crippen LogP contribution in [0, 0.1) is 5.82 Å². The van der Waals surface area contributed by atoms with Gasteiger partial charge in [-0.2, -0.15) is 5.10 Å². The highest BCUT2D eigenvalue weighted by Gasteiger charge is 2.29. The lowest BCUT2D eigenvalue weighted by atomic mass is 10.3. The minimum Gasteiger partial charge on any atom is -0.388 e. The van der Waals surface area contributed by atoms with Crippen molar-refractivity contribution in [1.29, 1.82) is 0 Å². The van der Waals surface area contributed by atoms with Gasteiger partial charge in [-0.15, -0.1) is 10.2 Å². The maximum absolute atomic E-state index is 13.0. The van der Waals surface area contributed by atoms with E-state index in [0.29, 0.717) is 17.6 Å². The van der Waals surface area contributed by atoms with Crippen LogP contribution in [0.5, 0.6) is 0 Å². The Labute approximate surface area is 142 Å². The summed E-state index contributed by atoms with van der Waals surface area (Å²) in [6, 6.07) is 8.56. The fourth-order valence-electron chi connectivity index (χ4n) is 2.53. The van der Waals surface area contributed by atoms with E-state index >= 15 is 0 Å². The Kier molecular flexibility index (Phi) is 4.07. The molecule has 124 valence electrons. The lowest BCUT2D eigenvalue weighted by Crippen LogP contribution is -2.03. The lowest BCUT2D eigenvalue weighted by Gasteiger charge is -2.06. The second-order valence-electron chi connectivity index (χ2n) is 5.67. The van der Waals surface area contributed by atoms with Crippen LogP contribution in [0.2, 0.25) is 0 Å². The van der Waals surface area contributed by atoms with Crippen LogP contribution in [0.25, 0.3) is 5.69 Å². The largest absolute Gasteiger partial charge is 0.388 e. The normalized spacial score (nSPS) is 14.2. The van der Waals surface area contributed by atoms with Gasteiger partial charge in [0.05, 0.1) is 11.4 Å².